The number of benzene rings is 1. The Morgan fingerprint density at radius 2 is 1.98 bits per heavy atom. The molecule has 0 aliphatic carbocycles. The number of hydrogen-bond donors (Lipinski definition) is 1. The predicted molar refractivity (Wildman–Crippen MR) is 152 cm³/mol. The minimum atomic E-state index is -4.54. The zero-order valence-corrected chi connectivity index (χ0v) is 24.9. The van der Waals surface area contributed by atoms with Gasteiger partial charge in [-0.2, -0.15) is 23.5 Å². The van der Waals surface area contributed by atoms with E-state index >= 15 is 0 Å². The number of aromatic nitrogens is 2. The second-order valence-corrected chi connectivity index (χ2v) is 11.0. The van der Waals surface area contributed by atoms with E-state index in [-0.39, 0.29) is 59.5 Å². The van der Waals surface area contributed by atoms with E-state index in [0.717, 1.165) is 6.07 Å². The first-order valence-electron chi connectivity index (χ1n) is 12.8. The molecule has 0 spiro atoms. The van der Waals surface area contributed by atoms with Crippen molar-refractivity contribution >= 4 is 41.5 Å². The Morgan fingerprint density at radius 3 is 2.57 bits per heavy atom. The summed E-state index contributed by atoms with van der Waals surface area (Å²) in [5.41, 5.74) is 1.19. The first kappa shape index (κ1) is 32.5. The van der Waals surface area contributed by atoms with Crippen LogP contribution in [0.3, 0.4) is 0 Å². The van der Waals surface area contributed by atoms with Crippen LogP contribution in [0.15, 0.2) is 28.5 Å². The Balaban J connectivity index is 2.02. The van der Waals surface area contributed by atoms with Crippen molar-refractivity contribution in [2.75, 3.05) is 43.3 Å². The fraction of sp³-hybridized carbons (Fsp3) is 0.481. The monoisotopic (exact) mass is 607 g/mol. The number of hydrazone groups is 1. The van der Waals surface area contributed by atoms with E-state index in [2.05, 4.69) is 26.6 Å². The van der Waals surface area contributed by atoms with Crippen LogP contribution in [-0.4, -0.2) is 77.8 Å². The lowest BCUT2D eigenvalue weighted by Gasteiger charge is -2.41. The Bertz CT molecular complexity index is 1390. The molecule has 1 N–H and O–H groups in total. The Labute approximate surface area is 246 Å². The van der Waals surface area contributed by atoms with E-state index in [1.54, 1.807) is 31.9 Å². The van der Waals surface area contributed by atoms with Gasteiger partial charge in [0.25, 0.3) is 0 Å². The van der Waals surface area contributed by atoms with Crippen LogP contribution in [0, 0.1) is 18.3 Å². The van der Waals surface area contributed by atoms with Crippen molar-refractivity contribution in [3.63, 3.8) is 0 Å². The summed E-state index contributed by atoms with van der Waals surface area (Å²) in [6.07, 6.45) is -2.11. The highest BCUT2D eigenvalue weighted by Crippen LogP contribution is 2.34. The highest BCUT2D eigenvalue weighted by molar-refractivity contribution is 7.98. The van der Waals surface area contributed by atoms with Crippen molar-refractivity contribution in [3.05, 3.63) is 40.6 Å². The summed E-state index contributed by atoms with van der Waals surface area (Å²) < 4.78 is 50.6. The number of nitriles is 1. The highest BCUT2D eigenvalue weighted by Gasteiger charge is 2.36. The third-order valence-corrected chi connectivity index (χ3v) is 6.77. The molecule has 1 fully saturated rings. The van der Waals surface area contributed by atoms with Crippen LogP contribution in [-0.2, 0) is 15.7 Å². The van der Waals surface area contributed by atoms with Crippen LogP contribution in [0.25, 0.3) is 0 Å². The number of esters is 1. The smallest absolute Gasteiger partial charge is 0.416 e. The summed E-state index contributed by atoms with van der Waals surface area (Å²) in [5, 5.41) is 13.9. The van der Waals surface area contributed by atoms with E-state index in [9.17, 15) is 28.0 Å². The molecule has 1 saturated heterocycles. The lowest BCUT2D eigenvalue weighted by molar-refractivity contribution is -0.138. The summed E-state index contributed by atoms with van der Waals surface area (Å²) in [5.74, 6) is -0.487. The first-order valence-corrected chi connectivity index (χ1v) is 14.0. The van der Waals surface area contributed by atoms with Crippen LogP contribution in [0.1, 0.15) is 54.4 Å². The lowest BCUT2D eigenvalue weighted by atomic mass is 10.1. The van der Waals surface area contributed by atoms with E-state index in [0.29, 0.717) is 0 Å². The van der Waals surface area contributed by atoms with E-state index < -0.39 is 35.4 Å². The van der Waals surface area contributed by atoms with E-state index in [4.69, 9.17) is 9.47 Å². The van der Waals surface area contributed by atoms with Crippen LogP contribution in [0.4, 0.5) is 29.5 Å². The minimum absolute atomic E-state index is 0.0138. The topological polar surface area (TPSA) is 133 Å². The van der Waals surface area contributed by atoms with Crippen molar-refractivity contribution in [2.45, 2.75) is 57.1 Å². The van der Waals surface area contributed by atoms with Crippen molar-refractivity contribution in [2.24, 2.45) is 5.10 Å². The molecule has 0 radical (unpaired) electrons. The summed E-state index contributed by atoms with van der Waals surface area (Å²) in [6.45, 7) is 7.22. The van der Waals surface area contributed by atoms with Gasteiger partial charge in [0.05, 0.1) is 48.7 Å². The molecule has 1 aromatic carbocycles. The third kappa shape index (κ3) is 7.81. The number of piperazine rings is 1. The second-order valence-electron chi connectivity index (χ2n) is 10.3. The number of carbonyl (C=O) groups excluding carboxylic acids is 2. The Hall–Kier alpha value is -4.06. The predicted octanol–water partition coefficient (Wildman–Crippen LogP) is 5.10. The molecule has 1 unspecified atom stereocenters. The molecule has 11 nitrogen and oxygen atoms in total. The maximum Gasteiger partial charge on any atom is 0.416 e. The first-order chi connectivity index (χ1) is 19.7. The second kappa shape index (κ2) is 13.3. The molecule has 226 valence electrons. The molecule has 1 aliphatic heterocycles. The van der Waals surface area contributed by atoms with Gasteiger partial charge in [0, 0.05) is 19.6 Å². The van der Waals surface area contributed by atoms with Gasteiger partial charge in [-0.25, -0.2) is 19.6 Å². The highest BCUT2D eigenvalue weighted by atomic mass is 32.2. The zero-order chi connectivity index (χ0) is 31.2. The lowest BCUT2D eigenvalue weighted by Crippen LogP contribution is -2.56. The van der Waals surface area contributed by atoms with Crippen LogP contribution >= 0.6 is 11.8 Å². The molecule has 1 aromatic heterocycles. The molecule has 1 aliphatic rings. The number of amides is 1. The summed E-state index contributed by atoms with van der Waals surface area (Å²) in [7, 11) is 1.19. The number of halogens is 3. The minimum Gasteiger partial charge on any atom is -0.464 e. The van der Waals surface area contributed by atoms with Gasteiger partial charge >= 0.3 is 18.2 Å². The SMILES string of the molecule is COC(=O)c1nc(SC)nc(N2CCN(C(=O)OC(C)(C)C)C(CC#N)C2)c1/C=N/Nc1cccc(C(F)(F)F)c1C. The maximum absolute atomic E-state index is 13.4. The van der Waals surface area contributed by atoms with Crippen molar-refractivity contribution < 1.29 is 32.2 Å². The van der Waals surface area contributed by atoms with Crippen LogP contribution in [0.2, 0.25) is 0 Å². The molecule has 2 heterocycles. The van der Waals surface area contributed by atoms with Gasteiger partial charge in [-0.3, -0.25) is 5.43 Å². The van der Waals surface area contributed by atoms with Gasteiger partial charge in [0.2, 0.25) is 0 Å². The zero-order valence-electron chi connectivity index (χ0n) is 24.1. The Kier molecular flexibility index (Phi) is 10.3. The van der Waals surface area contributed by atoms with Crippen LogP contribution in [0.5, 0.6) is 0 Å². The summed E-state index contributed by atoms with van der Waals surface area (Å²) >= 11 is 1.19. The number of nitrogens with zero attached hydrogens (tertiary/aromatic N) is 6. The van der Waals surface area contributed by atoms with Crippen molar-refractivity contribution in [1.29, 1.82) is 5.26 Å². The molecule has 0 bridgehead atoms. The maximum atomic E-state index is 13.4. The fourth-order valence-corrected chi connectivity index (χ4v) is 4.62. The average Bonchev–Trinajstić information content (AvgIpc) is 2.91. The van der Waals surface area contributed by atoms with Gasteiger partial charge in [-0.15, -0.1) is 0 Å². The van der Waals surface area contributed by atoms with Gasteiger partial charge in [-0.05, 0) is 51.6 Å². The number of thioether (sulfide) groups is 1. The quantitative estimate of drug-likeness (QED) is 0.149. The number of hydrogen-bond acceptors (Lipinski definition) is 11. The molecule has 1 amide bonds. The normalized spacial score (nSPS) is 15.9. The van der Waals surface area contributed by atoms with E-state index in [1.807, 2.05) is 0 Å². The average molecular weight is 608 g/mol. The summed E-state index contributed by atoms with van der Waals surface area (Å²) in [6, 6.07) is 5.23. The molecular weight excluding hydrogens is 575 g/mol. The number of alkyl halides is 3. The molecule has 3 rings (SSSR count). The third-order valence-electron chi connectivity index (χ3n) is 6.22. The van der Waals surface area contributed by atoms with Gasteiger partial charge in [0.1, 0.15) is 11.4 Å². The van der Waals surface area contributed by atoms with Gasteiger partial charge in [0.15, 0.2) is 10.9 Å². The number of anilines is 2. The standard InChI is InChI=1S/C27H32F3N7O4S/c1-16-19(27(28,29)30)8-7-9-20(16)35-32-14-18-21(23(38)40-5)33-24(42-6)34-22(18)36-12-13-37(17(15-36)10-11-31)25(39)41-26(2,3)4/h7-9,14,17,35H,10,12-13,15H2,1-6H3/b32-14+. The number of rotatable bonds is 7. The van der Waals surface area contributed by atoms with Gasteiger partial charge < -0.3 is 19.3 Å². The number of carbonyl (C=O) groups is 2. The van der Waals surface area contributed by atoms with Crippen LogP contribution < -0.4 is 10.3 Å². The molecule has 15 heteroatoms. The largest absolute Gasteiger partial charge is 0.464 e. The molecular formula is C27H32F3N7O4S. The van der Waals surface area contributed by atoms with Gasteiger partial charge in [-0.1, -0.05) is 17.8 Å². The number of methoxy groups -OCH3 is 1. The van der Waals surface area contributed by atoms with Crippen molar-refractivity contribution in [3.8, 4) is 6.07 Å². The Morgan fingerprint density at radius 1 is 1.26 bits per heavy atom. The fourth-order valence-electron chi connectivity index (χ4n) is 4.26. The molecule has 2 aromatic rings. The summed E-state index contributed by atoms with van der Waals surface area (Å²) in [4.78, 5) is 37.8. The molecule has 42 heavy (non-hydrogen) atoms. The molecule has 1 atom stereocenters. The van der Waals surface area contributed by atoms with Crippen molar-refractivity contribution in [1.82, 2.24) is 14.9 Å². The van der Waals surface area contributed by atoms with E-state index in [1.165, 1.54) is 49.0 Å². The molecule has 0 saturated carbocycles. The number of ether oxygens (including phenoxy) is 2. The number of nitrogens with one attached hydrogen (secondary N) is 1.